The van der Waals surface area contributed by atoms with E-state index in [0.717, 1.165) is 6.07 Å². The number of rotatable bonds is 6. The lowest BCUT2D eigenvalue weighted by atomic mass is 10.0. The van der Waals surface area contributed by atoms with Crippen molar-refractivity contribution in [3.05, 3.63) is 78.9 Å². The maximum atomic E-state index is 13.0. The molecular formula is C22H16Cl2N6O6. The Balaban J connectivity index is 1.77. The van der Waals surface area contributed by atoms with Gasteiger partial charge in [-0.1, -0.05) is 23.2 Å². The van der Waals surface area contributed by atoms with Gasteiger partial charge in [-0.2, -0.15) is 0 Å². The zero-order valence-electron chi connectivity index (χ0n) is 18.4. The number of primary amides is 1. The third-order valence-electron chi connectivity index (χ3n) is 5.33. The van der Waals surface area contributed by atoms with Crippen molar-refractivity contribution in [3.8, 4) is 16.9 Å². The number of halogens is 2. The first-order valence-electron chi connectivity index (χ1n) is 10.1. The summed E-state index contributed by atoms with van der Waals surface area (Å²) >= 11 is 12.1. The Morgan fingerprint density at radius 3 is 2.58 bits per heavy atom. The molecule has 2 aromatic heterocycles. The van der Waals surface area contributed by atoms with Crippen LogP contribution in [0.5, 0.6) is 5.75 Å². The third kappa shape index (κ3) is 4.46. The number of non-ortho nitro benzene ring substituents is 1. The summed E-state index contributed by atoms with van der Waals surface area (Å²) in [6, 6.07) is 6.24. The largest absolute Gasteiger partial charge is 0.506 e. The van der Waals surface area contributed by atoms with Gasteiger partial charge < -0.3 is 25.3 Å². The number of aromatic nitrogens is 3. The molecule has 0 spiro atoms. The predicted molar refractivity (Wildman–Crippen MR) is 132 cm³/mol. The van der Waals surface area contributed by atoms with Gasteiger partial charge in [-0.05, 0) is 23.8 Å². The number of nitrogens with two attached hydrogens (primary N) is 1. The second-order valence-corrected chi connectivity index (χ2v) is 8.53. The molecule has 0 aliphatic carbocycles. The fraction of sp³-hybridized carbons (Fsp3) is 0.0909. The highest BCUT2D eigenvalue weighted by atomic mass is 35.5. The fourth-order valence-electron chi connectivity index (χ4n) is 3.61. The summed E-state index contributed by atoms with van der Waals surface area (Å²) in [5.74, 6) is -1.98. The minimum absolute atomic E-state index is 0.0275. The van der Waals surface area contributed by atoms with E-state index in [4.69, 9.17) is 28.9 Å². The zero-order valence-corrected chi connectivity index (χ0v) is 19.9. The van der Waals surface area contributed by atoms with Gasteiger partial charge in [-0.3, -0.25) is 24.5 Å². The maximum absolute atomic E-state index is 13.0. The summed E-state index contributed by atoms with van der Waals surface area (Å²) in [5.41, 5.74) is 5.34. The van der Waals surface area contributed by atoms with Gasteiger partial charge in [-0.25, -0.2) is 4.98 Å². The quantitative estimate of drug-likeness (QED) is 0.253. The summed E-state index contributed by atoms with van der Waals surface area (Å²) in [6.45, 7) is -0.307. The summed E-state index contributed by atoms with van der Waals surface area (Å²) in [6.07, 6.45) is 2.76. The van der Waals surface area contributed by atoms with Gasteiger partial charge in [0.15, 0.2) is 0 Å². The van der Waals surface area contributed by atoms with Gasteiger partial charge in [0, 0.05) is 30.9 Å². The molecule has 0 fully saturated rings. The SMILES string of the molecule is Cn1cnc2c(c(-c3cc(Cl)c(O)c(C(N)=O)c3)cn2CC(=O)Nc2ccc([N+](=O)[O-])cc2Cl)c1=O. The first-order valence-corrected chi connectivity index (χ1v) is 10.8. The second-order valence-electron chi connectivity index (χ2n) is 7.72. The number of hydrogen-bond acceptors (Lipinski definition) is 7. The molecule has 0 saturated carbocycles. The van der Waals surface area contributed by atoms with E-state index in [1.54, 1.807) is 0 Å². The van der Waals surface area contributed by atoms with Gasteiger partial charge in [0.1, 0.15) is 17.9 Å². The molecule has 0 radical (unpaired) electrons. The number of nitro groups is 1. The number of amides is 2. The van der Waals surface area contributed by atoms with E-state index in [-0.39, 0.29) is 44.6 Å². The van der Waals surface area contributed by atoms with E-state index in [0.29, 0.717) is 11.1 Å². The molecule has 0 aliphatic heterocycles. The smallest absolute Gasteiger partial charge is 0.271 e. The molecule has 4 rings (SSSR count). The number of aryl methyl sites for hydroxylation is 1. The standard InChI is InChI=1S/C22H16Cl2N6O6/c1-28-9-26-21-18(22(28)34)13(10-4-12(20(25)33)19(32)15(24)5-10)7-29(21)8-17(31)27-16-3-2-11(30(35)36)6-14(16)23/h2-7,9,32H,8H2,1H3,(H2,25,33)(H,27,31). The highest BCUT2D eigenvalue weighted by Gasteiger charge is 2.21. The summed E-state index contributed by atoms with van der Waals surface area (Å²) in [4.78, 5) is 52.1. The molecule has 12 nitrogen and oxygen atoms in total. The molecule has 36 heavy (non-hydrogen) atoms. The van der Waals surface area contributed by atoms with E-state index in [1.807, 2.05) is 0 Å². The van der Waals surface area contributed by atoms with Crippen molar-refractivity contribution in [2.24, 2.45) is 12.8 Å². The molecule has 0 bridgehead atoms. The number of carbonyl (C=O) groups excluding carboxylic acids is 2. The van der Waals surface area contributed by atoms with Crippen LogP contribution >= 0.6 is 23.2 Å². The second kappa shape index (κ2) is 9.32. The normalized spacial score (nSPS) is 11.0. The predicted octanol–water partition coefficient (Wildman–Crippen LogP) is 3.06. The van der Waals surface area contributed by atoms with Crippen LogP contribution < -0.4 is 16.6 Å². The molecule has 2 amide bonds. The molecule has 2 heterocycles. The van der Waals surface area contributed by atoms with Crippen molar-refractivity contribution in [1.29, 1.82) is 0 Å². The minimum atomic E-state index is -0.926. The molecule has 0 unspecified atom stereocenters. The number of anilines is 1. The van der Waals surface area contributed by atoms with Crippen molar-refractivity contribution in [2.75, 3.05) is 5.32 Å². The lowest BCUT2D eigenvalue weighted by Crippen LogP contribution is -2.20. The highest BCUT2D eigenvalue weighted by molar-refractivity contribution is 6.34. The van der Waals surface area contributed by atoms with Crippen molar-refractivity contribution in [1.82, 2.24) is 14.1 Å². The molecule has 184 valence electrons. The van der Waals surface area contributed by atoms with Gasteiger partial charge in [0.05, 0.1) is 37.9 Å². The number of phenols is 1. The van der Waals surface area contributed by atoms with Crippen LogP contribution in [-0.4, -0.2) is 36.0 Å². The van der Waals surface area contributed by atoms with Crippen LogP contribution in [0.15, 0.2) is 47.7 Å². The number of nitrogens with one attached hydrogen (secondary N) is 1. The first kappa shape index (κ1) is 24.7. The Bertz CT molecular complexity index is 1640. The van der Waals surface area contributed by atoms with Crippen molar-refractivity contribution in [2.45, 2.75) is 6.54 Å². The average Bonchev–Trinajstić information content (AvgIpc) is 3.17. The minimum Gasteiger partial charge on any atom is -0.506 e. The molecule has 0 aliphatic rings. The third-order valence-corrected chi connectivity index (χ3v) is 5.93. The zero-order chi connectivity index (χ0) is 26.3. The van der Waals surface area contributed by atoms with Crippen LogP contribution in [0.4, 0.5) is 11.4 Å². The Morgan fingerprint density at radius 1 is 1.22 bits per heavy atom. The van der Waals surface area contributed by atoms with Crippen LogP contribution in [0.2, 0.25) is 10.0 Å². The molecule has 14 heteroatoms. The number of hydrogen-bond donors (Lipinski definition) is 3. The molecule has 4 aromatic rings. The Hall–Kier alpha value is -4.42. The van der Waals surface area contributed by atoms with E-state index in [9.17, 15) is 29.6 Å². The van der Waals surface area contributed by atoms with E-state index in [2.05, 4.69) is 10.3 Å². The number of aromatic hydroxyl groups is 1. The highest BCUT2D eigenvalue weighted by Crippen LogP contribution is 2.36. The number of nitro benzene ring substituents is 1. The van der Waals surface area contributed by atoms with E-state index in [1.165, 1.54) is 53.0 Å². The van der Waals surface area contributed by atoms with E-state index >= 15 is 0 Å². The lowest BCUT2D eigenvalue weighted by molar-refractivity contribution is -0.384. The number of benzene rings is 2. The van der Waals surface area contributed by atoms with Crippen LogP contribution in [0.3, 0.4) is 0 Å². The average molecular weight is 531 g/mol. The number of fused-ring (bicyclic) bond motifs is 1. The number of nitrogens with zero attached hydrogens (tertiary/aromatic N) is 4. The Kier molecular flexibility index (Phi) is 6.39. The van der Waals surface area contributed by atoms with Crippen molar-refractivity contribution < 1.29 is 19.6 Å². The first-order chi connectivity index (χ1) is 17.0. The van der Waals surface area contributed by atoms with Gasteiger partial charge in [-0.15, -0.1) is 0 Å². The molecule has 0 saturated heterocycles. The monoisotopic (exact) mass is 530 g/mol. The molecule has 4 N–H and O–H groups in total. The molecule has 2 aromatic carbocycles. The number of carbonyl (C=O) groups is 2. The van der Waals surface area contributed by atoms with Crippen LogP contribution in [0, 0.1) is 10.1 Å². The van der Waals surface area contributed by atoms with Crippen molar-refractivity contribution in [3.63, 3.8) is 0 Å². The van der Waals surface area contributed by atoms with Gasteiger partial charge in [0.25, 0.3) is 17.2 Å². The van der Waals surface area contributed by atoms with Gasteiger partial charge >= 0.3 is 0 Å². The summed E-state index contributed by atoms with van der Waals surface area (Å²) < 4.78 is 2.65. The van der Waals surface area contributed by atoms with Crippen LogP contribution in [0.1, 0.15) is 10.4 Å². The summed E-state index contributed by atoms with van der Waals surface area (Å²) in [7, 11) is 1.50. The maximum Gasteiger partial charge on any atom is 0.271 e. The molecule has 0 atom stereocenters. The van der Waals surface area contributed by atoms with Gasteiger partial charge in [0.2, 0.25) is 5.91 Å². The topological polar surface area (TPSA) is 175 Å². The van der Waals surface area contributed by atoms with Crippen LogP contribution in [0.25, 0.3) is 22.2 Å². The van der Waals surface area contributed by atoms with E-state index < -0.39 is 28.0 Å². The Morgan fingerprint density at radius 2 is 1.94 bits per heavy atom. The summed E-state index contributed by atoms with van der Waals surface area (Å²) in [5, 5.41) is 23.5. The molecular weight excluding hydrogens is 515 g/mol. The Labute approximate surface area is 211 Å². The van der Waals surface area contributed by atoms with Crippen LogP contribution in [-0.2, 0) is 18.4 Å². The van der Waals surface area contributed by atoms with Crippen molar-refractivity contribution >= 4 is 57.4 Å². The fourth-order valence-corrected chi connectivity index (χ4v) is 4.05. The lowest BCUT2D eigenvalue weighted by Gasteiger charge is -2.08.